The van der Waals surface area contributed by atoms with Crippen molar-refractivity contribution in [1.82, 2.24) is 5.32 Å². The highest BCUT2D eigenvalue weighted by Crippen LogP contribution is 2.22. The van der Waals surface area contributed by atoms with Crippen LogP contribution in [0.25, 0.3) is 11.0 Å². The molecule has 0 atom stereocenters. The molecule has 3 rings (SSSR count). The van der Waals surface area contributed by atoms with Crippen molar-refractivity contribution in [1.29, 1.82) is 0 Å². The number of carbonyl (C=O) groups excluding carboxylic acids is 1. The van der Waals surface area contributed by atoms with Crippen LogP contribution in [0.3, 0.4) is 0 Å². The van der Waals surface area contributed by atoms with E-state index in [1.54, 1.807) is 42.6 Å². The first-order valence-corrected chi connectivity index (χ1v) is 10.7. The zero-order valence-corrected chi connectivity index (χ0v) is 19.9. The molecule has 0 bridgehead atoms. The van der Waals surface area contributed by atoms with Crippen LogP contribution in [0.5, 0.6) is 5.75 Å². The SMILES string of the molecule is C=CNC/C=C(\C)CNc1ccccc1C(=O)Nc1cc2ccc(OC)cc2oc1=O.CC(=O)O. The Hall–Kier alpha value is -4.53. The standard InChI is InChI=1S/C24H25N3O4.C2H4O2/c1-4-25-12-11-16(2)15-26-20-8-6-5-7-19(20)23(28)27-21-13-17-9-10-18(30-3)14-22(17)31-24(21)29;1-2(3)4/h4-11,13-14,25-26H,1,12,15H2,2-3H3,(H,27,28);1H3,(H,3,4)/b16-11+;. The Morgan fingerprint density at radius 3 is 2.51 bits per heavy atom. The van der Waals surface area contributed by atoms with Gasteiger partial charge in [0.05, 0.1) is 12.7 Å². The van der Waals surface area contributed by atoms with Crippen molar-refractivity contribution in [2.24, 2.45) is 0 Å². The van der Waals surface area contributed by atoms with Crippen molar-refractivity contribution in [3.8, 4) is 5.75 Å². The Bertz CT molecular complexity index is 1280. The van der Waals surface area contributed by atoms with Crippen LogP contribution < -0.4 is 26.3 Å². The van der Waals surface area contributed by atoms with E-state index in [1.807, 2.05) is 25.1 Å². The molecule has 0 saturated heterocycles. The summed E-state index contributed by atoms with van der Waals surface area (Å²) in [6.45, 7) is 7.95. The molecule has 0 radical (unpaired) electrons. The summed E-state index contributed by atoms with van der Waals surface area (Å²) in [6.07, 6.45) is 3.67. The van der Waals surface area contributed by atoms with Crippen molar-refractivity contribution in [2.75, 3.05) is 30.8 Å². The third-order valence-electron chi connectivity index (χ3n) is 4.63. The number of nitrogens with one attached hydrogen (secondary N) is 3. The number of hydrogen-bond donors (Lipinski definition) is 4. The lowest BCUT2D eigenvalue weighted by Gasteiger charge is -2.12. The maximum atomic E-state index is 12.9. The summed E-state index contributed by atoms with van der Waals surface area (Å²) in [5, 5.41) is 17.0. The fourth-order valence-corrected chi connectivity index (χ4v) is 2.95. The minimum atomic E-state index is -0.833. The lowest BCUT2D eigenvalue weighted by molar-refractivity contribution is -0.134. The number of amides is 1. The highest BCUT2D eigenvalue weighted by molar-refractivity contribution is 6.08. The minimum absolute atomic E-state index is 0.0732. The van der Waals surface area contributed by atoms with E-state index in [0.29, 0.717) is 41.1 Å². The van der Waals surface area contributed by atoms with Crippen molar-refractivity contribution < 1.29 is 23.8 Å². The Morgan fingerprint density at radius 2 is 1.83 bits per heavy atom. The number of para-hydroxylation sites is 1. The highest BCUT2D eigenvalue weighted by atomic mass is 16.5. The molecular formula is C26H29N3O6. The summed E-state index contributed by atoms with van der Waals surface area (Å²) >= 11 is 0. The van der Waals surface area contributed by atoms with Gasteiger partial charge in [-0.2, -0.15) is 0 Å². The van der Waals surface area contributed by atoms with Crippen molar-refractivity contribution in [3.63, 3.8) is 0 Å². The molecule has 184 valence electrons. The average molecular weight is 480 g/mol. The van der Waals surface area contributed by atoms with Crippen molar-refractivity contribution >= 4 is 34.2 Å². The average Bonchev–Trinajstić information content (AvgIpc) is 2.83. The van der Waals surface area contributed by atoms with Crippen molar-refractivity contribution in [2.45, 2.75) is 13.8 Å². The first-order valence-electron chi connectivity index (χ1n) is 10.7. The Morgan fingerprint density at radius 1 is 1.11 bits per heavy atom. The van der Waals surface area contributed by atoms with Crippen LogP contribution in [-0.2, 0) is 4.79 Å². The molecule has 0 unspecified atom stereocenters. The van der Waals surface area contributed by atoms with Gasteiger partial charge in [-0.15, -0.1) is 0 Å². The molecule has 0 saturated carbocycles. The van der Waals surface area contributed by atoms with Crippen LogP contribution in [0.2, 0.25) is 0 Å². The molecular weight excluding hydrogens is 450 g/mol. The highest BCUT2D eigenvalue weighted by Gasteiger charge is 2.14. The number of benzene rings is 2. The summed E-state index contributed by atoms with van der Waals surface area (Å²) < 4.78 is 10.5. The van der Waals surface area contributed by atoms with Crippen LogP contribution >= 0.6 is 0 Å². The second kappa shape index (κ2) is 13.2. The Labute approximate surface area is 203 Å². The third kappa shape index (κ3) is 8.39. The van der Waals surface area contributed by atoms with E-state index in [1.165, 1.54) is 7.11 Å². The van der Waals surface area contributed by atoms with Crippen molar-refractivity contribution in [3.05, 3.63) is 88.9 Å². The molecule has 0 fully saturated rings. The molecule has 3 aromatic rings. The van der Waals surface area contributed by atoms with Gasteiger partial charge in [0, 0.05) is 37.2 Å². The number of ether oxygens (including phenoxy) is 1. The lowest BCUT2D eigenvalue weighted by Crippen LogP contribution is -2.19. The zero-order valence-electron chi connectivity index (χ0n) is 19.9. The second-order valence-electron chi connectivity index (χ2n) is 7.39. The van der Waals surface area contributed by atoms with Gasteiger partial charge < -0.3 is 30.2 Å². The monoisotopic (exact) mass is 479 g/mol. The van der Waals surface area contributed by atoms with E-state index in [4.69, 9.17) is 19.1 Å². The van der Waals surface area contributed by atoms with Gasteiger partial charge in [0.1, 0.15) is 17.0 Å². The van der Waals surface area contributed by atoms with Gasteiger partial charge in [-0.05, 0) is 43.5 Å². The van der Waals surface area contributed by atoms with Gasteiger partial charge in [-0.1, -0.05) is 30.4 Å². The molecule has 4 N–H and O–H groups in total. The Balaban J connectivity index is 0.00000100. The molecule has 9 heteroatoms. The molecule has 0 aliphatic heterocycles. The number of methoxy groups -OCH3 is 1. The Kier molecular flexibility index (Phi) is 10.1. The summed E-state index contributed by atoms with van der Waals surface area (Å²) in [5.41, 5.74) is 2.03. The molecule has 1 heterocycles. The van der Waals surface area contributed by atoms with E-state index in [2.05, 4.69) is 22.5 Å². The largest absolute Gasteiger partial charge is 0.497 e. The van der Waals surface area contributed by atoms with Gasteiger partial charge in [-0.3, -0.25) is 9.59 Å². The summed E-state index contributed by atoms with van der Waals surface area (Å²) in [4.78, 5) is 34.3. The number of carbonyl (C=O) groups is 2. The fraction of sp³-hybridized carbons (Fsp3) is 0.192. The predicted molar refractivity (Wildman–Crippen MR) is 137 cm³/mol. The van der Waals surface area contributed by atoms with Gasteiger partial charge >= 0.3 is 5.63 Å². The van der Waals surface area contributed by atoms with E-state index in [0.717, 1.165) is 12.5 Å². The van der Waals surface area contributed by atoms with E-state index < -0.39 is 17.5 Å². The number of rotatable bonds is 9. The predicted octanol–water partition coefficient (Wildman–Crippen LogP) is 4.24. The molecule has 35 heavy (non-hydrogen) atoms. The first-order chi connectivity index (χ1) is 16.7. The number of carboxylic acid groups (broad SMARTS) is 1. The first kappa shape index (κ1) is 26.7. The molecule has 0 aliphatic carbocycles. The number of anilines is 2. The van der Waals surface area contributed by atoms with Gasteiger partial charge in [-0.25, -0.2) is 4.79 Å². The molecule has 1 amide bonds. The number of aliphatic carboxylic acids is 1. The summed E-state index contributed by atoms with van der Waals surface area (Å²) in [6, 6.07) is 13.9. The number of fused-ring (bicyclic) bond motifs is 1. The molecule has 9 nitrogen and oxygen atoms in total. The van der Waals surface area contributed by atoms with Crippen LogP contribution in [0.15, 0.2) is 82.2 Å². The van der Waals surface area contributed by atoms with E-state index in [9.17, 15) is 9.59 Å². The van der Waals surface area contributed by atoms with Crippen LogP contribution in [0.1, 0.15) is 24.2 Å². The second-order valence-corrected chi connectivity index (χ2v) is 7.39. The minimum Gasteiger partial charge on any atom is -0.497 e. The molecule has 2 aromatic carbocycles. The van der Waals surface area contributed by atoms with Crippen LogP contribution in [0, 0.1) is 0 Å². The van der Waals surface area contributed by atoms with Gasteiger partial charge in [0.15, 0.2) is 0 Å². The van der Waals surface area contributed by atoms with Gasteiger partial charge in [0.2, 0.25) is 0 Å². The molecule has 0 aliphatic rings. The van der Waals surface area contributed by atoms with Gasteiger partial charge in [0.25, 0.3) is 11.9 Å². The third-order valence-corrected chi connectivity index (χ3v) is 4.63. The van der Waals surface area contributed by atoms with E-state index in [-0.39, 0.29) is 5.69 Å². The fourth-order valence-electron chi connectivity index (χ4n) is 2.95. The lowest BCUT2D eigenvalue weighted by atomic mass is 10.1. The summed E-state index contributed by atoms with van der Waals surface area (Å²) in [7, 11) is 1.54. The normalized spacial score (nSPS) is 10.5. The van der Waals surface area contributed by atoms with E-state index >= 15 is 0 Å². The smallest absolute Gasteiger partial charge is 0.360 e. The van der Waals surface area contributed by atoms with Crippen LogP contribution in [-0.4, -0.2) is 37.2 Å². The number of carboxylic acids is 1. The molecule has 0 spiro atoms. The topological polar surface area (TPSA) is 130 Å². The summed E-state index contributed by atoms with van der Waals surface area (Å²) in [5.74, 6) is -0.657. The zero-order chi connectivity index (χ0) is 25.8. The maximum absolute atomic E-state index is 12.9. The maximum Gasteiger partial charge on any atom is 0.360 e. The number of hydrogen-bond acceptors (Lipinski definition) is 7. The quantitative estimate of drug-likeness (QED) is 0.204. The van der Waals surface area contributed by atoms with Crippen LogP contribution in [0.4, 0.5) is 11.4 Å². The molecule has 1 aromatic heterocycles.